The van der Waals surface area contributed by atoms with Gasteiger partial charge in [0, 0.05) is 0 Å². The third kappa shape index (κ3) is 33.0. The molecule has 0 saturated heterocycles. The molecule has 3 radical (unpaired) electrons. The summed E-state index contributed by atoms with van der Waals surface area (Å²) in [5.41, 5.74) is 0. The van der Waals surface area contributed by atoms with Gasteiger partial charge in [0.05, 0.1) is 0 Å². The first kappa shape index (κ1) is 23.9. The van der Waals surface area contributed by atoms with Crippen molar-refractivity contribution in [2.24, 2.45) is 0 Å². The van der Waals surface area contributed by atoms with Crippen LogP contribution in [-0.4, -0.2) is 51.4 Å². The van der Waals surface area contributed by atoms with Crippen LogP contribution in [0.3, 0.4) is 0 Å². The molecule has 0 spiro atoms. The summed E-state index contributed by atoms with van der Waals surface area (Å²) in [4.78, 5) is 0. The molecule has 0 atom stereocenters. The molecular formula is C2H10GeNO4-2. The first-order valence-corrected chi connectivity index (χ1v) is 2.51. The van der Waals surface area contributed by atoms with Gasteiger partial charge in [-0.15, -0.1) is 0 Å². The predicted molar refractivity (Wildman–Crippen MR) is 28.0 cm³/mol. The summed E-state index contributed by atoms with van der Waals surface area (Å²) >= 11 is 1.84. The number of hydrogen-bond donors (Lipinski definition) is 1. The fourth-order valence-electron chi connectivity index (χ4n) is 0.0625. The van der Waals surface area contributed by atoms with Crippen molar-refractivity contribution >= 4 is 16.7 Å². The van der Waals surface area contributed by atoms with E-state index in [0.717, 1.165) is 6.54 Å². The van der Waals surface area contributed by atoms with Crippen LogP contribution in [0, 0.1) is 0 Å². The molecule has 0 unspecified atom stereocenters. The van der Waals surface area contributed by atoms with E-state index < -0.39 is 0 Å². The van der Waals surface area contributed by atoms with Crippen molar-refractivity contribution in [2.75, 3.05) is 13.2 Å². The van der Waals surface area contributed by atoms with Gasteiger partial charge in [-0.1, -0.05) is 0 Å². The van der Waals surface area contributed by atoms with Crippen LogP contribution >= 0.6 is 0 Å². The van der Waals surface area contributed by atoms with Crippen molar-refractivity contribution in [3.8, 4) is 0 Å². The van der Waals surface area contributed by atoms with Crippen LogP contribution < -0.4 is 4.27 Å². The average Bonchev–Trinajstić information content (AvgIpc) is 1.41. The molecule has 0 rings (SSSR count). The Hall–Kier alpha value is 0.343. The Bertz CT molecular complexity index is 21.5. The summed E-state index contributed by atoms with van der Waals surface area (Å²) in [6, 6.07) is 0. The van der Waals surface area contributed by atoms with Crippen LogP contribution in [0.4, 0.5) is 0 Å². The van der Waals surface area contributed by atoms with Crippen LogP contribution in [0.15, 0.2) is 0 Å². The Labute approximate surface area is 56.5 Å². The molecule has 0 bridgehead atoms. The maximum absolute atomic E-state index is 6.54. The van der Waals surface area contributed by atoms with E-state index in [1.807, 2.05) is 16.7 Å². The van der Waals surface area contributed by atoms with Crippen LogP contribution in [0.2, 0.25) is 0 Å². The van der Waals surface area contributed by atoms with E-state index in [1.165, 1.54) is 0 Å². The van der Waals surface area contributed by atoms with Crippen molar-refractivity contribution in [1.29, 1.82) is 0 Å². The van der Waals surface area contributed by atoms with Crippen LogP contribution in [-0.2, 0) is 0 Å². The van der Waals surface area contributed by atoms with Crippen molar-refractivity contribution in [2.45, 2.75) is 0 Å². The molecular weight excluding hydrogens is 175 g/mol. The Morgan fingerprint density at radius 2 is 1.62 bits per heavy atom. The van der Waals surface area contributed by atoms with Gasteiger partial charge in [0.25, 0.3) is 0 Å². The van der Waals surface area contributed by atoms with E-state index in [2.05, 4.69) is 4.27 Å². The van der Waals surface area contributed by atoms with Crippen molar-refractivity contribution in [3.63, 3.8) is 0 Å². The third-order valence-corrected chi connectivity index (χ3v) is 0.775. The second-order valence-electron chi connectivity index (χ2n) is 0.677. The first-order chi connectivity index (χ1) is 2.41. The molecule has 0 aromatic heterocycles. The summed E-state index contributed by atoms with van der Waals surface area (Å²) in [5.74, 6) is 0. The second-order valence-corrected chi connectivity index (χ2v) is 1.42. The fourth-order valence-corrected chi connectivity index (χ4v) is 0.325. The van der Waals surface area contributed by atoms with Gasteiger partial charge in [0.15, 0.2) is 0 Å². The Morgan fingerprint density at radius 1 is 1.25 bits per heavy atom. The molecule has 0 aliphatic rings. The van der Waals surface area contributed by atoms with Gasteiger partial charge in [0.1, 0.15) is 0 Å². The van der Waals surface area contributed by atoms with Gasteiger partial charge in [-0.2, -0.15) is 0 Å². The zero-order valence-corrected chi connectivity index (χ0v) is 6.35. The van der Waals surface area contributed by atoms with E-state index in [9.17, 15) is 0 Å². The normalized spacial score (nSPS) is 5.25. The quantitative estimate of drug-likeness (QED) is 0.388. The van der Waals surface area contributed by atoms with Crippen molar-refractivity contribution < 1.29 is 21.5 Å². The fraction of sp³-hybridized carbons (Fsp3) is 1.00. The Morgan fingerprint density at radius 3 is 1.62 bits per heavy atom. The molecule has 5 nitrogen and oxygen atoms in total. The molecule has 0 aliphatic carbocycles. The minimum absolute atomic E-state index is 0. The molecule has 0 amide bonds. The van der Waals surface area contributed by atoms with Gasteiger partial charge in [-0.05, 0) is 0 Å². The summed E-state index contributed by atoms with van der Waals surface area (Å²) in [6.07, 6.45) is 0. The van der Waals surface area contributed by atoms with E-state index >= 15 is 0 Å². The molecule has 53 valence electrons. The molecule has 0 aromatic rings. The monoisotopic (exact) mass is 186 g/mol. The summed E-state index contributed by atoms with van der Waals surface area (Å²) in [7, 11) is 0. The predicted octanol–water partition coefficient (Wildman–Crippen LogP) is -2.15. The van der Waals surface area contributed by atoms with Gasteiger partial charge >= 0.3 is 39.3 Å². The second kappa shape index (κ2) is 26.4. The number of hydrogen-bond acceptors (Lipinski definition) is 4. The molecule has 0 saturated carbocycles. The average molecular weight is 185 g/mol. The summed E-state index contributed by atoms with van der Waals surface area (Å²) in [6.45, 7) is 1.29. The van der Waals surface area contributed by atoms with Crippen LogP contribution in [0.5, 0.6) is 0 Å². The van der Waals surface area contributed by atoms with Gasteiger partial charge < -0.3 is 16.4 Å². The van der Waals surface area contributed by atoms with Crippen molar-refractivity contribution in [3.05, 3.63) is 0 Å². The molecule has 6 N–H and O–H groups in total. The number of rotatable bonds is 2. The van der Waals surface area contributed by atoms with Gasteiger partial charge in [-0.3, -0.25) is 0 Å². The van der Waals surface area contributed by atoms with Crippen molar-refractivity contribution in [1.82, 2.24) is 4.27 Å². The van der Waals surface area contributed by atoms with Crippen LogP contribution in [0.1, 0.15) is 0 Å². The van der Waals surface area contributed by atoms with E-state index in [-0.39, 0.29) is 16.4 Å². The molecule has 0 fully saturated rings. The van der Waals surface area contributed by atoms with Gasteiger partial charge in [0.2, 0.25) is 0 Å². The molecule has 6 heteroatoms. The maximum atomic E-state index is 6.54. The zero-order valence-electron chi connectivity index (χ0n) is 4.26. The zero-order chi connectivity index (χ0) is 4.12. The molecule has 0 aromatic carbocycles. The Balaban J connectivity index is -0.0000000267. The number of nitrogens with one attached hydrogen (secondary N) is 1. The van der Waals surface area contributed by atoms with E-state index in [0.29, 0.717) is 6.61 Å². The summed E-state index contributed by atoms with van der Waals surface area (Å²) in [5, 5.41) is 6.54. The minimum atomic E-state index is 0. The van der Waals surface area contributed by atoms with Crippen LogP contribution in [0.25, 0.3) is 0 Å². The third-order valence-electron chi connectivity index (χ3n) is 0.250. The molecule has 0 heterocycles. The first-order valence-electron chi connectivity index (χ1n) is 1.46. The topological polar surface area (TPSA) is 125 Å². The summed E-state index contributed by atoms with van der Waals surface area (Å²) < 4.78 is 2.83. The van der Waals surface area contributed by atoms with E-state index in [1.54, 1.807) is 0 Å². The van der Waals surface area contributed by atoms with E-state index in [4.69, 9.17) is 5.11 Å². The standard InChI is InChI=1S/C2H6GeNO.3H2O/c3-4-1-2-5;;;/h4-5H,1-2H2;3*1H2/p-2. The Kier molecular flexibility index (Phi) is 78.8. The van der Waals surface area contributed by atoms with Gasteiger partial charge in [-0.25, -0.2) is 0 Å². The molecule has 8 heavy (non-hydrogen) atoms. The molecule has 0 aliphatic heterocycles. The SMILES string of the molecule is [OH-].[OH-].[OH-].[OH2+]CC[NH][Ge].